The Morgan fingerprint density at radius 1 is 0.833 bits per heavy atom. The Kier molecular flexibility index (Phi) is 4.76. The first-order valence-corrected chi connectivity index (χ1v) is 8.11. The second-order valence-electron chi connectivity index (χ2n) is 5.96. The fourth-order valence-electron chi connectivity index (χ4n) is 3.00. The van der Waals surface area contributed by atoms with Crippen LogP contribution in [0.1, 0.15) is 27.0 Å². The quantitative estimate of drug-likeness (QED) is 0.707. The van der Waals surface area contributed by atoms with E-state index < -0.39 is 5.97 Å². The number of hydrogen-bond acceptors (Lipinski definition) is 1. The third kappa shape index (κ3) is 3.54. The SMILES string of the molecule is Cc1c(CCc2cccc(-c3ccccc3)c2)cccc1C(=O)O. The van der Waals surface area contributed by atoms with Gasteiger partial charge in [0.15, 0.2) is 0 Å². The van der Waals surface area contributed by atoms with E-state index in [0.29, 0.717) is 5.56 Å². The van der Waals surface area contributed by atoms with Crippen molar-refractivity contribution in [2.45, 2.75) is 19.8 Å². The smallest absolute Gasteiger partial charge is 0.335 e. The number of carbonyl (C=O) groups is 1. The Morgan fingerprint density at radius 3 is 2.29 bits per heavy atom. The summed E-state index contributed by atoms with van der Waals surface area (Å²) in [5.74, 6) is -0.861. The van der Waals surface area contributed by atoms with E-state index in [1.165, 1.54) is 16.7 Å². The fourth-order valence-corrected chi connectivity index (χ4v) is 3.00. The van der Waals surface area contributed by atoms with Crippen LogP contribution < -0.4 is 0 Å². The summed E-state index contributed by atoms with van der Waals surface area (Å²) in [6.07, 6.45) is 1.73. The van der Waals surface area contributed by atoms with Crippen molar-refractivity contribution in [1.82, 2.24) is 0 Å². The lowest BCUT2D eigenvalue weighted by Gasteiger charge is -2.10. The van der Waals surface area contributed by atoms with Crippen LogP contribution in [-0.2, 0) is 12.8 Å². The van der Waals surface area contributed by atoms with Crippen LogP contribution in [0, 0.1) is 6.92 Å². The molecule has 24 heavy (non-hydrogen) atoms. The molecule has 0 spiro atoms. The Morgan fingerprint density at radius 2 is 1.54 bits per heavy atom. The molecule has 2 heteroatoms. The molecule has 3 aromatic carbocycles. The van der Waals surface area contributed by atoms with E-state index in [0.717, 1.165) is 24.0 Å². The first-order chi connectivity index (χ1) is 11.6. The average molecular weight is 316 g/mol. The minimum atomic E-state index is -0.861. The van der Waals surface area contributed by atoms with Gasteiger partial charge in [0.05, 0.1) is 5.56 Å². The van der Waals surface area contributed by atoms with Gasteiger partial charge in [-0.1, -0.05) is 66.7 Å². The van der Waals surface area contributed by atoms with Gasteiger partial charge in [-0.25, -0.2) is 4.79 Å². The third-order valence-electron chi connectivity index (χ3n) is 4.39. The molecule has 0 fully saturated rings. The minimum Gasteiger partial charge on any atom is -0.478 e. The maximum Gasteiger partial charge on any atom is 0.335 e. The summed E-state index contributed by atoms with van der Waals surface area (Å²) in [7, 11) is 0. The molecule has 0 amide bonds. The lowest BCUT2D eigenvalue weighted by molar-refractivity contribution is 0.0696. The molecule has 3 aromatic rings. The number of hydrogen-bond donors (Lipinski definition) is 1. The van der Waals surface area contributed by atoms with E-state index in [2.05, 4.69) is 36.4 Å². The molecule has 2 nitrogen and oxygen atoms in total. The molecule has 1 N–H and O–H groups in total. The molecule has 0 heterocycles. The first-order valence-electron chi connectivity index (χ1n) is 8.11. The third-order valence-corrected chi connectivity index (χ3v) is 4.39. The highest BCUT2D eigenvalue weighted by atomic mass is 16.4. The minimum absolute atomic E-state index is 0.394. The van der Waals surface area contributed by atoms with Gasteiger partial charge in [0.1, 0.15) is 0 Å². The van der Waals surface area contributed by atoms with Crippen LogP contribution in [0.15, 0.2) is 72.8 Å². The van der Waals surface area contributed by atoms with Crippen molar-refractivity contribution >= 4 is 5.97 Å². The average Bonchev–Trinajstić information content (AvgIpc) is 2.61. The standard InChI is InChI=1S/C22H20O2/c1-16-18(10-6-12-21(16)22(23)24)14-13-17-7-5-11-20(15-17)19-8-3-2-4-9-19/h2-12,15H,13-14H2,1H3,(H,23,24). The molecule has 0 unspecified atom stereocenters. The van der Waals surface area contributed by atoms with Gasteiger partial charge in [0, 0.05) is 0 Å². The zero-order chi connectivity index (χ0) is 16.9. The molecule has 0 aliphatic carbocycles. The Labute approximate surface area is 142 Å². The van der Waals surface area contributed by atoms with Crippen molar-refractivity contribution in [1.29, 1.82) is 0 Å². The number of carboxylic acid groups (broad SMARTS) is 1. The van der Waals surface area contributed by atoms with Gasteiger partial charge >= 0.3 is 5.97 Å². The van der Waals surface area contributed by atoms with E-state index in [1.54, 1.807) is 6.07 Å². The first kappa shape index (κ1) is 16.0. The molecule has 0 saturated carbocycles. The highest BCUT2D eigenvalue weighted by Crippen LogP contribution is 2.22. The summed E-state index contributed by atoms with van der Waals surface area (Å²) in [6, 6.07) is 24.4. The monoisotopic (exact) mass is 316 g/mol. The zero-order valence-corrected chi connectivity index (χ0v) is 13.7. The van der Waals surface area contributed by atoms with Crippen molar-refractivity contribution in [2.24, 2.45) is 0 Å². The normalized spacial score (nSPS) is 10.5. The lowest BCUT2D eigenvalue weighted by Crippen LogP contribution is -2.03. The molecule has 120 valence electrons. The number of rotatable bonds is 5. The molecular weight excluding hydrogens is 296 g/mol. The Bertz CT molecular complexity index is 851. The van der Waals surface area contributed by atoms with Crippen LogP contribution in [0.2, 0.25) is 0 Å². The van der Waals surface area contributed by atoms with E-state index in [9.17, 15) is 9.90 Å². The van der Waals surface area contributed by atoms with Gasteiger partial charge in [-0.15, -0.1) is 0 Å². The fraction of sp³-hybridized carbons (Fsp3) is 0.136. The van der Waals surface area contributed by atoms with Crippen molar-refractivity contribution < 1.29 is 9.90 Å². The molecule has 0 aliphatic rings. The lowest BCUT2D eigenvalue weighted by atomic mass is 9.95. The second kappa shape index (κ2) is 7.14. The van der Waals surface area contributed by atoms with Gasteiger partial charge in [0.2, 0.25) is 0 Å². The van der Waals surface area contributed by atoms with Crippen LogP contribution in [0.3, 0.4) is 0 Å². The summed E-state index contributed by atoms with van der Waals surface area (Å²) in [5.41, 5.74) is 6.04. The summed E-state index contributed by atoms with van der Waals surface area (Å²) in [4.78, 5) is 11.2. The van der Waals surface area contributed by atoms with Gasteiger partial charge in [0.25, 0.3) is 0 Å². The van der Waals surface area contributed by atoms with Crippen molar-refractivity contribution in [3.8, 4) is 11.1 Å². The molecule has 0 bridgehead atoms. The molecule has 0 saturated heterocycles. The largest absolute Gasteiger partial charge is 0.478 e. The van der Waals surface area contributed by atoms with Crippen LogP contribution >= 0.6 is 0 Å². The topological polar surface area (TPSA) is 37.3 Å². The predicted molar refractivity (Wildman–Crippen MR) is 97.4 cm³/mol. The van der Waals surface area contributed by atoms with E-state index in [-0.39, 0.29) is 0 Å². The zero-order valence-electron chi connectivity index (χ0n) is 13.7. The molecule has 0 aromatic heterocycles. The highest BCUT2D eigenvalue weighted by molar-refractivity contribution is 5.89. The van der Waals surface area contributed by atoms with E-state index in [4.69, 9.17) is 0 Å². The molecule has 3 rings (SSSR count). The maximum atomic E-state index is 11.2. The van der Waals surface area contributed by atoms with Gasteiger partial charge < -0.3 is 5.11 Å². The van der Waals surface area contributed by atoms with Crippen LogP contribution in [0.5, 0.6) is 0 Å². The summed E-state index contributed by atoms with van der Waals surface area (Å²) >= 11 is 0. The molecule has 0 radical (unpaired) electrons. The van der Waals surface area contributed by atoms with Crippen molar-refractivity contribution in [3.05, 3.63) is 95.1 Å². The summed E-state index contributed by atoms with van der Waals surface area (Å²) in [6.45, 7) is 1.89. The summed E-state index contributed by atoms with van der Waals surface area (Å²) < 4.78 is 0. The molecule has 0 aliphatic heterocycles. The maximum absolute atomic E-state index is 11.2. The van der Waals surface area contributed by atoms with Gasteiger partial charge in [-0.2, -0.15) is 0 Å². The van der Waals surface area contributed by atoms with E-state index >= 15 is 0 Å². The number of benzene rings is 3. The number of carboxylic acids is 1. The van der Waals surface area contributed by atoms with Crippen LogP contribution in [0.25, 0.3) is 11.1 Å². The highest BCUT2D eigenvalue weighted by Gasteiger charge is 2.10. The molecule has 0 atom stereocenters. The second-order valence-corrected chi connectivity index (χ2v) is 5.96. The number of aromatic carboxylic acids is 1. The van der Waals surface area contributed by atoms with Crippen molar-refractivity contribution in [3.63, 3.8) is 0 Å². The van der Waals surface area contributed by atoms with Gasteiger partial charge in [-0.3, -0.25) is 0 Å². The number of aryl methyl sites for hydroxylation is 2. The van der Waals surface area contributed by atoms with Gasteiger partial charge in [-0.05, 0) is 53.6 Å². The van der Waals surface area contributed by atoms with E-state index in [1.807, 2.05) is 37.3 Å². The van der Waals surface area contributed by atoms with Crippen LogP contribution in [0.4, 0.5) is 0 Å². The Balaban J connectivity index is 1.79. The van der Waals surface area contributed by atoms with Crippen molar-refractivity contribution in [2.75, 3.05) is 0 Å². The molecular formula is C22H20O2. The Hall–Kier alpha value is -2.87. The predicted octanol–water partition coefficient (Wildman–Crippen LogP) is 5.15. The summed E-state index contributed by atoms with van der Waals surface area (Å²) in [5, 5.41) is 9.24. The van der Waals surface area contributed by atoms with Crippen LogP contribution in [-0.4, -0.2) is 11.1 Å².